The molecule has 6 heteroatoms. The molecule has 1 heterocycles. The minimum atomic E-state index is -3.02. The number of carbonyl (C=O) groups is 1. The van der Waals surface area contributed by atoms with Gasteiger partial charge in [-0.05, 0) is 36.1 Å². The number of carbonyl (C=O) groups excluding carboxylic acids is 1. The quantitative estimate of drug-likeness (QED) is 0.850. The van der Waals surface area contributed by atoms with E-state index in [0.29, 0.717) is 6.42 Å². The van der Waals surface area contributed by atoms with Gasteiger partial charge in [0.15, 0.2) is 9.84 Å². The summed E-state index contributed by atoms with van der Waals surface area (Å²) in [7, 11) is -3.02. The number of sulfone groups is 1. The maximum Gasteiger partial charge on any atom is 0.150 e. The van der Waals surface area contributed by atoms with Gasteiger partial charge in [0.05, 0.1) is 11.5 Å². The van der Waals surface area contributed by atoms with Crippen molar-refractivity contribution in [3.63, 3.8) is 0 Å². The third kappa shape index (κ3) is 3.83. The smallest absolute Gasteiger partial charge is 0.150 e. The Morgan fingerprint density at radius 1 is 1.32 bits per heavy atom. The molecule has 0 saturated carbocycles. The van der Waals surface area contributed by atoms with Crippen molar-refractivity contribution in [1.82, 2.24) is 0 Å². The first kappa shape index (κ1) is 14.1. The second kappa shape index (κ2) is 5.36. The van der Waals surface area contributed by atoms with E-state index in [4.69, 9.17) is 0 Å². The van der Waals surface area contributed by atoms with Gasteiger partial charge in [-0.2, -0.15) is 0 Å². The lowest BCUT2D eigenvalue weighted by Gasteiger charge is -2.07. The maximum atomic E-state index is 13.4. The summed E-state index contributed by atoms with van der Waals surface area (Å²) in [5.74, 6) is -1.52. The predicted molar refractivity (Wildman–Crippen MR) is 66.4 cm³/mol. The Morgan fingerprint density at radius 3 is 2.68 bits per heavy atom. The number of hydrogen-bond acceptors (Lipinski definition) is 3. The van der Waals surface area contributed by atoms with Gasteiger partial charge in [-0.15, -0.1) is 0 Å². The number of ketones is 1. The molecule has 1 aromatic carbocycles. The second-order valence-corrected chi connectivity index (χ2v) is 7.15. The van der Waals surface area contributed by atoms with E-state index in [1.54, 1.807) is 0 Å². The molecule has 0 aliphatic carbocycles. The van der Waals surface area contributed by atoms with Crippen LogP contribution in [0.5, 0.6) is 0 Å². The van der Waals surface area contributed by atoms with E-state index in [0.717, 1.165) is 18.2 Å². The SMILES string of the molecule is O=C(Cc1cc(F)ccc1F)CC1CCS(=O)(=O)C1. The standard InChI is InChI=1S/C13H14F2O3S/c14-11-1-2-13(15)10(6-11)7-12(16)5-9-3-4-19(17,18)8-9/h1-2,6,9H,3-5,7-8H2. The third-order valence-electron chi connectivity index (χ3n) is 3.24. The summed E-state index contributed by atoms with van der Waals surface area (Å²) >= 11 is 0. The van der Waals surface area contributed by atoms with Crippen LogP contribution in [0, 0.1) is 17.6 Å². The normalized spacial score (nSPS) is 21.5. The van der Waals surface area contributed by atoms with E-state index in [2.05, 4.69) is 0 Å². The monoisotopic (exact) mass is 288 g/mol. The number of halogens is 2. The van der Waals surface area contributed by atoms with Gasteiger partial charge in [0.2, 0.25) is 0 Å². The molecule has 1 aromatic rings. The molecule has 0 bridgehead atoms. The van der Waals surface area contributed by atoms with Crippen molar-refractivity contribution in [2.75, 3.05) is 11.5 Å². The van der Waals surface area contributed by atoms with Crippen molar-refractivity contribution >= 4 is 15.6 Å². The zero-order valence-electron chi connectivity index (χ0n) is 10.2. The molecular formula is C13H14F2O3S. The van der Waals surface area contributed by atoms with Gasteiger partial charge in [-0.3, -0.25) is 4.79 Å². The zero-order chi connectivity index (χ0) is 14.0. The zero-order valence-corrected chi connectivity index (χ0v) is 11.1. The number of benzene rings is 1. The predicted octanol–water partition coefficient (Wildman–Crippen LogP) is 1.90. The van der Waals surface area contributed by atoms with Crippen molar-refractivity contribution in [3.8, 4) is 0 Å². The van der Waals surface area contributed by atoms with Gasteiger partial charge in [0.25, 0.3) is 0 Å². The van der Waals surface area contributed by atoms with Crippen LogP contribution in [0.2, 0.25) is 0 Å². The van der Waals surface area contributed by atoms with Gasteiger partial charge in [0, 0.05) is 12.8 Å². The fraction of sp³-hybridized carbons (Fsp3) is 0.462. The van der Waals surface area contributed by atoms with E-state index in [9.17, 15) is 22.0 Å². The molecule has 0 spiro atoms. The van der Waals surface area contributed by atoms with Gasteiger partial charge >= 0.3 is 0 Å². The van der Waals surface area contributed by atoms with Crippen molar-refractivity contribution in [2.45, 2.75) is 19.3 Å². The first-order valence-corrected chi connectivity index (χ1v) is 7.84. The Balaban J connectivity index is 1.97. The summed E-state index contributed by atoms with van der Waals surface area (Å²) in [6.45, 7) is 0. The van der Waals surface area contributed by atoms with Gasteiger partial charge < -0.3 is 0 Å². The summed E-state index contributed by atoms with van der Waals surface area (Å²) < 4.78 is 48.8. The van der Waals surface area contributed by atoms with Gasteiger partial charge in [0.1, 0.15) is 17.4 Å². The summed E-state index contributed by atoms with van der Waals surface area (Å²) in [4.78, 5) is 11.8. The number of rotatable bonds is 4. The van der Waals surface area contributed by atoms with E-state index in [-0.39, 0.29) is 41.6 Å². The van der Waals surface area contributed by atoms with Crippen LogP contribution in [-0.4, -0.2) is 25.7 Å². The lowest BCUT2D eigenvalue weighted by molar-refractivity contribution is -0.119. The molecule has 1 aliphatic heterocycles. The minimum absolute atomic E-state index is 0.0182. The molecule has 3 nitrogen and oxygen atoms in total. The maximum absolute atomic E-state index is 13.4. The van der Waals surface area contributed by atoms with Crippen LogP contribution in [0.3, 0.4) is 0 Å². The second-order valence-electron chi connectivity index (χ2n) is 4.92. The summed E-state index contributed by atoms with van der Waals surface area (Å²) in [6.07, 6.45) is 0.384. The molecule has 104 valence electrons. The van der Waals surface area contributed by atoms with Gasteiger partial charge in [-0.25, -0.2) is 17.2 Å². The third-order valence-corrected chi connectivity index (χ3v) is 5.08. The highest BCUT2D eigenvalue weighted by atomic mass is 32.2. The molecule has 1 unspecified atom stereocenters. The van der Waals surface area contributed by atoms with E-state index < -0.39 is 21.5 Å². The average molecular weight is 288 g/mol. The minimum Gasteiger partial charge on any atom is -0.299 e. The number of Topliss-reactive ketones (excluding diaryl/α,β-unsaturated/α-hetero) is 1. The molecule has 19 heavy (non-hydrogen) atoms. The Labute approximate surface area is 110 Å². The highest BCUT2D eigenvalue weighted by Crippen LogP contribution is 2.22. The molecule has 1 aliphatic rings. The van der Waals surface area contributed by atoms with Crippen LogP contribution in [0.15, 0.2) is 18.2 Å². The molecule has 2 rings (SSSR count). The number of hydrogen-bond donors (Lipinski definition) is 0. The Bertz CT molecular complexity index is 596. The molecule has 0 aromatic heterocycles. The van der Waals surface area contributed by atoms with E-state index >= 15 is 0 Å². The molecule has 1 atom stereocenters. The lowest BCUT2D eigenvalue weighted by atomic mass is 9.98. The Kier molecular flexibility index (Phi) is 3.99. The molecular weight excluding hydrogens is 274 g/mol. The molecule has 1 saturated heterocycles. The van der Waals surface area contributed by atoms with Crippen LogP contribution < -0.4 is 0 Å². The fourth-order valence-corrected chi connectivity index (χ4v) is 4.18. The van der Waals surface area contributed by atoms with Crippen LogP contribution >= 0.6 is 0 Å². The van der Waals surface area contributed by atoms with Crippen LogP contribution in [0.4, 0.5) is 8.78 Å². The average Bonchev–Trinajstić information content (AvgIpc) is 2.63. The van der Waals surface area contributed by atoms with Crippen LogP contribution in [0.1, 0.15) is 18.4 Å². The fourth-order valence-electron chi connectivity index (χ4n) is 2.32. The van der Waals surface area contributed by atoms with Crippen LogP contribution in [-0.2, 0) is 21.1 Å². The molecule has 0 amide bonds. The highest BCUT2D eigenvalue weighted by Gasteiger charge is 2.29. The van der Waals surface area contributed by atoms with Crippen molar-refractivity contribution in [1.29, 1.82) is 0 Å². The molecule has 0 radical (unpaired) electrons. The molecule has 0 N–H and O–H groups in total. The summed E-state index contributed by atoms with van der Waals surface area (Å²) in [6, 6.07) is 2.98. The Morgan fingerprint density at radius 2 is 2.05 bits per heavy atom. The summed E-state index contributed by atoms with van der Waals surface area (Å²) in [5, 5.41) is 0. The molecule has 1 fully saturated rings. The summed E-state index contributed by atoms with van der Waals surface area (Å²) in [5.41, 5.74) is 0.0193. The van der Waals surface area contributed by atoms with Crippen LogP contribution in [0.25, 0.3) is 0 Å². The van der Waals surface area contributed by atoms with Crippen molar-refractivity contribution in [2.24, 2.45) is 5.92 Å². The first-order chi connectivity index (χ1) is 8.85. The first-order valence-electron chi connectivity index (χ1n) is 6.02. The lowest BCUT2D eigenvalue weighted by Crippen LogP contribution is -2.13. The highest BCUT2D eigenvalue weighted by molar-refractivity contribution is 7.91. The van der Waals surface area contributed by atoms with Crippen molar-refractivity contribution in [3.05, 3.63) is 35.4 Å². The van der Waals surface area contributed by atoms with Gasteiger partial charge in [-0.1, -0.05) is 0 Å². The topological polar surface area (TPSA) is 51.2 Å². The van der Waals surface area contributed by atoms with E-state index in [1.165, 1.54) is 0 Å². The van der Waals surface area contributed by atoms with Crippen molar-refractivity contribution < 1.29 is 22.0 Å². The Hall–Kier alpha value is -1.30. The largest absolute Gasteiger partial charge is 0.299 e. The van der Waals surface area contributed by atoms with E-state index in [1.807, 2.05) is 0 Å².